The molecule has 0 bridgehead atoms. The van der Waals surface area contributed by atoms with Gasteiger partial charge in [0.25, 0.3) is 0 Å². The van der Waals surface area contributed by atoms with Gasteiger partial charge in [0.15, 0.2) is 5.13 Å². The molecule has 0 unspecified atom stereocenters. The number of aryl methyl sites for hydroxylation is 1. The SMILES string of the molecule is CCc1ncc(CN(C)C2CCC(Cc3cccc(Nc4ncc(C#N)s4)n3)CC2)cn1. The Balaban J connectivity index is 1.26. The molecule has 1 saturated carbocycles. The van der Waals surface area contributed by atoms with Crippen LogP contribution in [0.2, 0.25) is 0 Å². The summed E-state index contributed by atoms with van der Waals surface area (Å²) in [5, 5.41) is 12.9. The molecule has 3 aromatic heterocycles. The monoisotopic (exact) mass is 447 g/mol. The Labute approximate surface area is 193 Å². The van der Waals surface area contributed by atoms with Crippen molar-refractivity contribution < 1.29 is 0 Å². The van der Waals surface area contributed by atoms with Gasteiger partial charge in [-0.2, -0.15) is 5.26 Å². The third-order valence-corrected chi connectivity index (χ3v) is 6.92. The molecule has 3 heterocycles. The van der Waals surface area contributed by atoms with Gasteiger partial charge < -0.3 is 5.32 Å². The molecule has 8 heteroatoms. The molecule has 0 atom stereocenters. The van der Waals surface area contributed by atoms with Crippen molar-refractivity contribution in [2.75, 3.05) is 12.4 Å². The standard InChI is InChI=1S/C24H29N7S/c1-3-22-26-13-18(14-27-22)16-31(2)20-9-7-17(8-10-20)11-19-5-4-6-23(29-19)30-24-28-15-21(12-25)32-24/h4-6,13-15,17,20H,3,7-11,16H2,1-2H3,(H,28,29,30). The zero-order valence-corrected chi connectivity index (χ0v) is 19.5. The van der Waals surface area contributed by atoms with E-state index in [9.17, 15) is 0 Å². The number of pyridine rings is 1. The molecule has 1 aliphatic carbocycles. The first-order chi connectivity index (χ1) is 15.6. The predicted octanol–water partition coefficient (Wildman–Crippen LogP) is 4.74. The number of rotatable bonds is 8. The minimum Gasteiger partial charge on any atom is -0.316 e. The Kier molecular flexibility index (Phi) is 7.40. The van der Waals surface area contributed by atoms with Crippen LogP contribution in [0, 0.1) is 17.2 Å². The van der Waals surface area contributed by atoms with E-state index in [4.69, 9.17) is 10.2 Å². The fourth-order valence-corrected chi connectivity index (χ4v) is 4.92. The fraction of sp³-hybridized carbons (Fsp3) is 0.458. The first kappa shape index (κ1) is 22.3. The van der Waals surface area contributed by atoms with E-state index in [2.05, 4.69) is 51.3 Å². The van der Waals surface area contributed by atoms with Gasteiger partial charge in [-0.3, -0.25) is 4.90 Å². The van der Waals surface area contributed by atoms with Gasteiger partial charge in [0, 0.05) is 42.7 Å². The molecule has 0 spiro atoms. The molecule has 1 fully saturated rings. The number of hydrogen-bond acceptors (Lipinski definition) is 8. The molecular formula is C24H29N7S. The average molecular weight is 448 g/mol. The highest BCUT2D eigenvalue weighted by molar-refractivity contribution is 7.16. The van der Waals surface area contributed by atoms with E-state index in [-0.39, 0.29) is 0 Å². The van der Waals surface area contributed by atoms with Crippen molar-refractivity contribution in [3.8, 4) is 6.07 Å². The van der Waals surface area contributed by atoms with E-state index in [0.29, 0.717) is 22.0 Å². The minimum absolute atomic E-state index is 0.593. The smallest absolute Gasteiger partial charge is 0.189 e. The van der Waals surface area contributed by atoms with Crippen molar-refractivity contribution in [3.05, 3.63) is 58.7 Å². The maximum atomic E-state index is 8.96. The lowest BCUT2D eigenvalue weighted by Gasteiger charge is -2.34. The van der Waals surface area contributed by atoms with Crippen molar-refractivity contribution in [1.29, 1.82) is 5.26 Å². The summed E-state index contributed by atoms with van der Waals surface area (Å²) >= 11 is 1.34. The zero-order chi connectivity index (χ0) is 22.3. The van der Waals surface area contributed by atoms with Crippen molar-refractivity contribution in [1.82, 2.24) is 24.8 Å². The highest BCUT2D eigenvalue weighted by Gasteiger charge is 2.24. The summed E-state index contributed by atoms with van der Waals surface area (Å²) in [6, 6.07) is 8.81. The van der Waals surface area contributed by atoms with E-state index in [1.807, 2.05) is 24.5 Å². The summed E-state index contributed by atoms with van der Waals surface area (Å²) in [5.41, 5.74) is 2.29. The fourth-order valence-electron chi connectivity index (χ4n) is 4.30. The first-order valence-corrected chi connectivity index (χ1v) is 12.0. The van der Waals surface area contributed by atoms with Crippen LogP contribution in [-0.4, -0.2) is 37.9 Å². The number of thiazole rings is 1. The highest BCUT2D eigenvalue weighted by atomic mass is 32.1. The Morgan fingerprint density at radius 2 is 1.91 bits per heavy atom. The molecule has 166 valence electrons. The Hall–Kier alpha value is -2.89. The van der Waals surface area contributed by atoms with E-state index >= 15 is 0 Å². The summed E-state index contributed by atoms with van der Waals surface area (Å²) in [4.78, 5) is 20.9. The van der Waals surface area contributed by atoms with Gasteiger partial charge in [-0.25, -0.2) is 19.9 Å². The average Bonchev–Trinajstić information content (AvgIpc) is 3.28. The maximum Gasteiger partial charge on any atom is 0.189 e. The summed E-state index contributed by atoms with van der Waals surface area (Å²) < 4.78 is 0. The molecule has 3 aromatic rings. The van der Waals surface area contributed by atoms with Crippen molar-refractivity contribution >= 4 is 22.3 Å². The molecule has 7 nitrogen and oxygen atoms in total. The topological polar surface area (TPSA) is 90.6 Å². The largest absolute Gasteiger partial charge is 0.316 e. The Morgan fingerprint density at radius 3 is 2.59 bits per heavy atom. The first-order valence-electron chi connectivity index (χ1n) is 11.2. The zero-order valence-electron chi connectivity index (χ0n) is 18.7. The van der Waals surface area contributed by atoms with Gasteiger partial charge >= 0.3 is 0 Å². The number of nitriles is 1. The van der Waals surface area contributed by atoms with Crippen LogP contribution >= 0.6 is 11.3 Å². The van der Waals surface area contributed by atoms with Crippen molar-refractivity contribution in [3.63, 3.8) is 0 Å². The molecule has 1 N–H and O–H groups in total. The predicted molar refractivity (Wildman–Crippen MR) is 127 cm³/mol. The van der Waals surface area contributed by atoms with E-state index in [1.54, 1.807) is 6.20 Å². The van der Waals surface area contributed by atoms with E-state index in [0.717, 1.165) is 36.7 Å². The summed E-state index contributed by atoms with van der Waals surface area (Å²) in [6.45, 7) is 2.98. The number of anilines is 2. The Morgan fingerprint density at radius 1 is 1.12 bits per heavy atom. The highest BCUT2D eigenvalue weighted by Crippen LogP contribution is 2.30. The number of aromatic nitrogens is 4. The molecule has 0 saturated heterocycles. The third kappa shape index (κ3) is 5.87. The molecular weight excluding hydrogens is 418 g/mol. The van der Waals surface area contributed by atoms with Gasteiger partial charge in [-0.1, -0.05) is 24.3 Å². The normalized spacial score (nSPS) is 18.4. The second kappa shape index (κ2) is 10.6. The van der Waals surface area contributed by atoms with Crippen LogP contribution in [0.25, 0.3) is 0 Å². The van der Waals surface area contributed by atoms with Crippen molar-refractivity contribution in [2.24, 2.45) is 5.92 Å². The lowest BCUT2D eigenvalue weighted by atomic mass is 9.82. The molecule has 0 aromatic carbocycles. The van der Waals surface area contributed by atoms with Crippen LogP contribution in [0.4, 0.5) is 10.9 Å². The van der Waals surface area contributed by atoms with Crippen LogP contribution in [-0.2, 0) is 19.4 Å². The lowest BCUT2D eigenvalue weighted by Crippen LogP contribution is -2.35. The van der Waals surface area contributed by atoms with Gasteiger partial charge in [0.1, 0.15) is 22.6 Å². The molecule has 0 amide bonds. The molecule has 0 aliphatic heterocycles. The summed E-state index contributed by atoms with van der Waals surface area (Å²) in [6.07, 6.45) is 12.3. The van der Waals surface area contributed by atoms with Crippen LogP contribution in [0.1, 0.15) is 54.6 Å². The maximum absolute atomic E-state index is 8.96. The minimum atomic E-state index is 0.593. The number of nitrogens with one attached hydrogen (secondary N) is 1. The van der Waals surface area contributed by atoms with Crippen LogP contribution < -0.4 is 5.32 Å². The Bertz CT molecular complexity index is 1050. The van der Waals surface area contributed by atoms with E-state index in [1.165, 1.54) is 42.6 Å². The second-order valence-corrected chi connectivity index (χ2v) is 9.47. The summed E-state index contributed by atoms with van der Waals surface area (Å²) in [5.74, 6) is 2.36. The third-order valence-electron chi connectivity index (χ3n) is 6.10. The molecule has 32 heavy (non-hydrogen) atoms. The van der Waals surface area contributed by atoms with Gasteiger partial charge in [-0.15, -0.1) is 0 Å². The molecule has 0 radical (unpaired) electrons. The van der Waals surface area contributed by atoms with Crippen LogP contribution in [0.3, 0.4) is 0 Å². The van der Waals surface area contributed by atoms with E-state index < -0.39 is 0 Å². The summed E-state index contributed by atoms with van der Waals surface area (Å²) in [7, 11) is 2.21. The van der Waals surface area contributed by atoms with Crippen LogP contribution in [0.15, 0.2) is 36.8 Å². The van der Waals surface area contributed by atoms with Gasteiger partial charge in [-0.05, 0) is 57.2 Å². The molecule has 1 aliphatic rings. The van der Waals surface area contributed by atoms with Gasteiger partial charge in [0.2, 0.25) is 0 Å². The lowest BCUT2D eigenvalue weighted by molar-refractivity contribution is 0.158. The second-order valence-electron chi connectivity index (χ2n) is 8.44. The number of nitrogens with zero attached hydrogens (tertiary/aromatic N) is 6. The molecule has 4 rings (SSSR count). The van der Waals surface area contributed by atoms with Crippen molar-refractivity contribution in [2.45, 2.75) is 58.0 Å². The quantitative estimate of drug-likeness (QED) is 0.533. The van der Waals surface area contributed by atoms with Gasteiger partial charge in [0.05, 0.1) is 6.20 Å². The number of hydrogen-bond donors (Lipinski definition) is 1. The van der Waals surface area contributed by atoms with Crippen LogP contribution in [0.5, 0.6) is 0 Å².